The summed E-state index contributed by atoms with van der Waals surface area (Å²) in [4.78, 5) is 12.8. The van der Waals surface area contributed by atoms with Gasteiger partial charge in [-0.15, -0.1) is 10.2 Å². The zero-order valence-electron chi connectivity index (χ0n) is 18.1. The Morgan fingerprint density at radius 3 is 2.61 bits per heavy atom. The number of nitrogens with one attached hydrogen (secondary N) is 1. The van der Waals surface area contributed by atoms with Crippen molar-refractivity contribution >= 4 is 17.7 Å². The lowest BCUT2D eigenvalue weighted by atomic mass is 10.1. The van der Waals surface area contributed by atoms with Crippen molar-refractivity contribution in [3.05, 3.63) is 65.5 Å². The fourth-order valence-electron chi connectivity index (χ4n) is 3.13. The van der Waals surface area contributed by atoms with Crippen LogP contribution in [-0.2, 0) is 16.1 Å². The summed E-state index contributed by atoms with van der Waals surface area (Å²) >= 11 is 1.35. The summed E-state index contributed by atoms with van der Waals surface area (Å²) < 4.78 is 20.4. The summed E-state index contributed by atoms with van der Waals surface area (Å²) in [5, 5.41) is 12.0. The van der Waals surface area contributed by atoms with Gasteiger partial charge in [0.05, 0.1) is 24.4 Å². The van der Waals surface area contributed by atoms with E-state index in [2.05, 4.69) is 21.6 Å². The van der Waals surface area contributed by atoms with Gasteiger partial charge in [0.2, 0.25) is 5.91 Å². The molecule has 0 fully saturated rings. The molecule has 0 saturated heterocycles. The quantitative estimate of drug-likeness (QED) is 0.498. The van der Waals surface area contributed by atoms with Crippen LogP contribution >= 0.6 is 11.8 Å². The van der Waals surface area contributed by atoms with E-state index in [1.54, 1.807) is 19.2 Å². The van der Waals surface area contributed by atoms with Crippen molar-refractivity contribution in [3.63, 3.8) is 0 Å². The van der Waals surface area contributed by atoms with Crippen LogP contribution in [0, 0.1) is 12.7 Å². The zero-order valence-corrected chi connectivity index (χ0v) is 18.9. The molecule has 0 bridgehead atoms. The summed E-state index contributed by atoms with van der Waals surface area (Å²) in [5.41, 5.74) is 2.95. The van der Waals surface area contributed by atoms with Gasteiger partial charge in [-0.2, -0.15) is 0 Å². The van der Waals surface area contributed by atoms with Crippen molar-refractivity contribution in [1.29, 1.82) is 0 Å². The number of thioether (sulfide) groups is 1. The number of halogens is 1. The molecule has 0 aliphatic carbocycles. The van der Waals surface area contributed by atoms with Gasteiger partial charge in [-0.1, -0.05) is 47.7 Å². The molecule has 0 saturated carbocycles. The van der Waals surface area contributed by atoms with Crippen LogP contribution in [0.4, 0.5) is 4.39 Å². The molecule has 1 N–H and O–H groups in total. The lowest BCUT2D eigenvalue weighted by Crippen LogP contribution is -2.33. The molecule has 1 amide bonds. The van der Waals surface area contributed by atoms with Crippen LogP contribution in [0.25, 0.3) is 11.4 Å². The maximum atomic E-state index is 13.1. The summed E-state index contributed by atoms with van der Waals surface area (Å²) in [6, 6.07) is 14.0. The minimum atomic E-state index is -0.390. The zero-order chi connectivity index (χ0) is 22.4. The number of ether oxygens (including phenoxy) is 1. The van der Waals surface area contributed by atoms with Gasteiger partial charge in [0.1, 0.15) is 5.82 Å². The molecular weight excluding hydrogens is 415 g/mol. The number of methoxy groups -OCH3 is 1. The third-order valence-corrected chi connectivity index (χ3v) is 5.97. The Morgan fingerprint density at radius 1 is 1.19 bits per heavy atom. The molecule has 0 aliphatic rings. The molecule has 6 nitrogen and oxygen atoms in total. The van der Waals surface area contributed by atoms with Crippen LogP contribution in [-0.4, -0.2) is 39.6 Å². The first-order chi connectivity index (χ1) is 14.9. The highest BCUT2D eigenvalue weighted by molar-refractivity contribution is 8.00. The van der Waals surface area contributed by atoms with Gasteiger partial charge in [-0.3, -0.25) is 9.36 Å². The average molecular weight is 443 g/mol. The van der Waals surface area contributed by atoms with Crippen molar-refractivity contribution in [2.75, 3.05) is 13.7 Å². The van der Waals surface area contributed by atoms with E-state index in [0.29, 0.717) is 18.3 Å². The van der Waals surface area contributed by atoms with E-state index in [0.717, 1.165) is 22.5 Å². The molecule has 0 radical (unpaired) electrons. The number of carbonyl (C=O) groups excluding carboxylic acids is 1. The molecule has 31 heavy (non-hydrogen) atoms. The van der Waals surface area contributed by atoms with Crippen LogP contribution in [0.1, 0.15) is 31.0 Å². The molecule has 2 atom stereocenters. The molecule has 164 valence electrons. The minimum absolute atomic E-state index is 0.125. The first kappa shape index (κ1) is 23.0. The van der Waals surface area contributed by atoms with Gasteiger partial charge >= 0.3 is 0 Å². The maximum Gasteiger partial charge on any atom is 0.233 e. The number of nitrogens with zero attached hydrogens (tertiary/aromatic N) is 3. The van der Waals surface area contributed by atoms with E-state index >= 15 is 0 Å². The van der Waals surface area contributed by atoms with Crippen molar-refractivity contribution in [2.24, 2.45) is 0 Å². The number of rotatable bonds is 9. The monoisotopic (exact) mass is 442 g/mol. The standard InChI is InChI=1S/C23H27FN4O2S/c1-15-6-5-7-19(14-15)21-26-27-23(28(21)12-13-30-4)31-17(3)22(29)25-16(2)18-8-10-20(24)11-9-18/h5-11,14,16-17H,12-13H2,1-4H3,(H,25,29)/t16-,17-/m0/s1. The van der Waals surface area contributed by atoms with E-state index in [9.17, 15) is 9.18 Å². The van der Waals surface area contributed by atoms with Gasteiger partial charge in [0, 0.05) is 12.7 Å². The van der Waals surface area contributed by atoms with E-state index in [1.165, 1.54) is 23.9 Å². The van der Waals surface area contributed by atoms with Crippen LogP contribution in [0.2, 0.25) is 0 Å². The van der Waals surface area contributed by atoms with Gasteiger partial charge in [-0.05, 0) is 44.5 Å². The Hall–Kier alpha value is -2.71. The molecule has 3 aromatic rings. The van der Waals surface area contributed by atoms with Crippen molar-refractivity contribution < 1.29 is 13.9 Å². The van der Waals surface area contributed by atoms with E-state index in [1.807, 2.05) is 43.5 Å². The molecule has 0 aliphatic heterocycles. The van der Waals surface area contributed by atoms with Gasteiger partial charge in [-0.25, -0.2) is 4.39 Å². The molecule has 0 unspecified atom stereocenters. The third kappa shape index (κ3) is 5.92. The number of amides is 1. The predicted octanol–water partition coefficient (Wildman–Crippen LogP) is 4.40. The SMILES string of the molecule is COCCn1c(S[C@@H](C)C(=O)N[C@@H](C)c2ccc(F)cc2)nnc1-c1cccc(C)c1. The number of aryl methyl sites for hydroxylation is 1. The Bertz CT molecular complexity index is 1020. The molecule has 2 aromatic carbocycles. The highest BCUT2D eigenvalue weighted by Gasteiger charge is 2.22. The van der Waals surface area contributed by atoms with Crippen LogP contribution in [0.5, 0.6) is 0 Å². The minimum Gasteiger partial charge on any atom is -0.383 e. The molecule has 3 rings (SSSR count). The summed E-state index contributed by atoms with van der Waals surface area (Å²) in [6.07, 6.45) is 0. The topological polar surface area (TPSA) is 69.0 Å². The smallest absolute Gasteiger partial charge is 0.233 e. The van der Waals surface area contributed by atoms with Gasteiger partial charge in [0.15, 0.2) is 11.0 Å². The second-order valence-corrected chi connectivity index (χ2v) is 8.67. The van der Waals surface area contributed by atoms with Crippen molar-refractivity contribution in [3.8, 4) is 11.4 Å². The molecule has 1 heterocycles. The van der Waals surface area contributed by atoms with E-state index < -0.39 is 5.25 Å². The normalized spacial score (nSPS) is 13.1. The average Bonchev–Trinajstić information content (AvgIpc) is 3.14. The van der Waals surface area contributed by atoms with Gasteiger partial charge < -0.3 is 10.1 Å². The van der Waals surface area contributed by atoms with E-state index in [4.69, 9.17) is 4.74 Å². The molecular formula is C23H27FN4O2S. The first-order valence-corrected chi connectivity index (χ1v) is 11.0. The highest BCUT2D eigenvalue weighted by atomic mass is 32.2. The number of hydrogen-bond donors (Lipinski definition) is 1. The molecule has 0 spiro atoms. The predicted molar refractivity (Wildman–Crippen MR) is 120 cm³/mol. The Morgan fingerprint density at radius 2 is 1.94 bits per heavy atom. The maximum absolute atomic E-state index is 13.1. The Kier molecular flexibility index (Phi) is 7.81. The Balaban J connectivity index is 1.74. The number of carbonyl (C=O) groups is 1. The largest absolute Gasteiger partial charge is 0.383 e. The fraction of sp³-hybridized carbons (Fsp3) is 0.348. The second kappa shape index (κ2) is 10.5. The fourth-order valence-corrected chi connectivity index (χ4v) is 4.02. The van der Waals surface area contributed by atoms with Crippen molar-refractivity contribution in [2.45, 2.75) is 43.8 Å². The summed E-state index contributed by atoms with van der Waals surface area (Å²) in [7, 11) is 1.65. The van der Waals surface area contributed by atoms with Crippen LogP contribution in [0.3, 0.4) is 0 Å². The van der Waals surface area contributed by atoms with Crippen LogP contribution < -0.4 is 5.32 Å². The Labute approximate surface area is 186 Å². The lowest BCUT2D eigenvalue weighted by Gasteiger charge is -2.18. The molecule has 1 aromatic heterocycles. The second-order valence-electron chi connectivity index (χ2n) is 7.36. The van der Waals surface area contributed by atoms with E-state index in [-0.39, 0.29) is 17.8 Å². The summed E-state index contributed by atoms with van der Waals surface area (Å²) in [6.45, 7) is 6.82. The highest BCUT2D eigenvalue weighted by Crippen LogP contribution is 2.28. The van der Waals surface area contributed by atoms with Crippen molar-refractivity contribution in [1.82, 2.24) is 20.1 Å². The number of aromatic nitrogens is 3. The summed E-state index contributed by atoms with van der Waals surface area (Å²) in [5.74, 6) is 0.321. The number of benzene rings is 2. The third-order valence-electron chi connectivity index (χ3n) is 4.89. The first-order valence-electron chi connectivity index (χ1n) is 10.1. The van der Waals surface area contributed by atoms with Gasteiger partial charge in [0.25, 0.3) is 0 Å². The van der Waals surface area contributed by atoms with Crippen LogP contribution in [0.15, 0.2) is 53.7 Å². The lowest BCUT2D eigenvalue weighted by molar-refractivity contribution is -0.120. The molecule has 8 heteroatoms. The number of hydrogen-bond acceptors (Lipinski definition) is 5.